The Labute approximate surface area is 159 Å². The van der Waals surface area contributed by atoms with Crippen molar-refractivity contribution in [2.75, 3.05) is 26.9 Å². The molecule has 2 aromatic carbocycles. The number of unbranched alkanes of at least 4 members (excludes halogenated alkanes) is 1. The summed E-state index contributed by atoms with van der Waals surface area (Å²) in [6, 6.07) is 12.9. The summed E-state index contributed by atoms with van der Waals surface area (Å²) in [4.78, 5) is 24.1. The molecule has 6 heteroatoms. The number of ether oxygens (including phenoxy) is 4. The fourth-order valence-corrected chi connectivity index (χ4v) is 2.15. The molecule has 27 heavy (non-hydrogen) atoms. The van der Waals surface area contributed by atoms with Gasteiger partial charge in [0, 0.05) is 7.11 Å². The van der Waals surface area contributed by atoms with Crippen molar-refractivity contribution in [3.63, 3.8) is 0 Å². The summed E-state index contributed by atoms with van der Waals surface area (Å²) in [5.74, 6) is 0.127. The highest BCUT2D eigenvalue weighted by atomic mass is 16.5. The Morgan fingerprint density at radius 2 is 1.37 bits per heavy atom. The van der Waals surface area contributed by atoms with Gasteiger partial charge in [0.2, 0.25) is 0 Å². The molecule has 144 valence electrons. The molecule has 0 spiro atoms. The van der Waals surface area contributed by atoms with Crippen molar-refractivity contribution in [1.82, 2.24) is 0 Å². The Hall–Kier alpha value is -2.86. The monoisotopic (exact) mass is 372 g/mol. The van der Waals surface area contributed by atoms with Crippen molar-refractivity contribution < 1.29 is 28.5 Å². The Balaban J connectivity index is 1.88. The number of hydrogen-bond acceptors (Lipinski definition) is 6. The van der Waals surface area contributed by atoms with Gasteiger partial charge in [-0.05, 0) is 55.0 Å². The normalized spacial score (nSPS) is 10.3. The molecule has 0 amide bonds. The summed E-state index contributed by atoms with van der Waals surface area (Å²) in [7, 11) is 1.60. The van der Waals surface area contributed by atoms with Crippen LogP contribution in [-0.4, -0.2) is 38.9 Å². The number of benzene rings is 2. The number of esters is 2. The van der Waals surface area contributed by atoms with E-state index in [1.807, 2.05) is 6.92 Å². The van der Waals surface area contributed by atoms with Crippen molar-refractivity contribution in [2.45, 2.75) is 19.8 Å². The van der Waals surface area contributed by atoms with Crippen LogP contribution in [0.3, 0.4) is 0 Å². The molecule has 0 aliphatic heterocycles. The third kappa shape index (κ3) is 6.75. The van der Waals surface area contributed by atoms with Crippen molar-refractivity contribution in [2.24, 2.45) is 0 Å². The van der Waals surface area contributed by atoms with Crippen molar-refractivity contribution >= 4 is 11.9 Å². The second-order valence-corrected chi connectivity index (χ2v) is 5.77. The average molecular weight is 372 g/mol. The molecule has 0 bridgehead atoms. The van der Waals surface area contributed by atoms with E-state index in [0.717, 1.165) is 12.8 Å². The quantitative estimate of drug-likeness (QED) is 0.358. The molecule has 2 aromatic rings. The minimum atomic E-state index is -0.489. The van der Waals surface area contributed by atoms with Crippen LogP contribution < -0.4 is 9.47 Å². The Morgan fingerprint density at radius 1 is 0.778 bits per heavy atom. The topological polar surface area (TPSA) is 71.1 Å². The van der Waals surface area contributed by atoms with Crippen LogP contribution in [0.1, 0.15) is 40.5 Å². The van der Waals surface area contributed by atoms with E-state index in [-0.39, 0.29) is 5.97 Å². The summed E-state index contributed by atoms with van der Waals surface area (Å²) >= 11 is 0. The first-order chi connectivity index (χ1) is 13.1. The van der Waals surface area contributed by atoms with Crippen LogP contribution in [0, 0.1) is 0 Å². The summed E-state index contributed by atoms with van der Waals surface area (Å²) in [5, 5.41) is 0. The molecule has 0 saturated carbocycles. The molecular weight excluding hydrogens is 348 g/mol. The van der Waals surface area contributed by atoms with E-state index in [4.69, 9.17) is 18.9 Å². The molecule has 0 aliphatic rings. The predicted molar refractivity (Wildman–Crippen MR) is 100 cm³/mol. The maximum atomic E-state index is 12.2. The minimum Gasteiger partial charge on any atom is -0.491 e. The molecule has 0 aromatic heterocycles. The van der Waals surface area contributed by atoms with E-state index in [2.05, 4.69) is 0 Å². The summed E-state index contributed by atoms with van der Waals surface area (Å²) < 4.78 is 20.8. The lowest BCUT2D eigenvalue weighted by Gasteiger charge is -2.08. The molecule has 2 rings (SSSR count). The van der Waals surface area contributed by atoms with E-state index < -0.39 is 5.97 Å². The van der Waals surface area contributed by atoms with Crippen molar-refractivity contribution in [1.29, 1.82) is 0 Å². The van der Waals surface area contributed by atoms with E-state index in [1.165, 1.54) is 0 Å². The number of carbonyl (C=O) groups is 2. The highest BCUT2D eigenvalue weighted by Gasteiger charge is 2.11. The maximum absolute atomic E-state index is 12.2. The zero-order valence-corrected chi connectivity index (χ0v) is 15.6. The minimum absolute atomic E-state index is 0.352. The van der Waals surface area contributed by atoms with Gasteiger partial charge in [0.25, 0.3) is 0 Å². The lowest BCUT2D eigenvalue weighted by atomic mass is 10.2. The van der Waals surface area contributed by atoms with Gasteiger partial charge < -0.3 is 18.9 Å². The maximum Gasteiger partial charge on any atom is 0.343 e. The molecule has 0 heterocycles. The van der Waals surface area contributed by atoms with Gasteiger partial charge in [0.05, 0.1) is 24.3 Å². The van der Waals surface area contributed by atoms with E-state index in [1.54, 1.807) is 55.6 Å². The number of rotatable bonds is 10. The zero-order chi connectivity index (χ0) is 19.5. The van der Waals surface area contributed by atoms with E-state index in [0.29, 0.717) is 42.4 Å². The summed E-state index contributed by atoms with van der Waals surface area (Å²) in [6.07, 6.45) is 1.79. The third-order valence-corrected chi connectivity index (χ3v) is 3.68. The van der Waals surface area contributed by atoms with Gasteiger partial charge in [-0.25, -0.2) is 9.59 Å². The highest BCUT2D eigenvalue weighted by molar-refractivity contribution is 5.92. The van der Waals surface area contributed by atoms with Gasteiger partial charge in [0.15, 0.2) is 0 Å². The second-order valence-electron chi connectivity index (χ2n) is 5.77. The Bertz CT molecular complexity index is 721. The van der Waals surface area contributed by atoms with Crippen LogP contribution in [0.15, 0.2) is 48.5 Å². The van der Waals surface area contributed by atoms with Crippen molar-refractivity contribution in [3.8, 4) is 11.5 Å². The largest absolute Gasteiger partial charge is 0.491 e. The molecule has 0 aliphatic carbocycles. The van der Waals surface area contributed by atoms with Crippen LogP contribution in [0.2, 0.25) is 0 Å². The lowest BCUT2D eigenvalue weighted by molar-refractivity contribution is 0.0499. The Kier molecular flexibility index (Phi) is 8.32. The van der Waals surface area contributed by atoms with Gasteiger partial charge in [-0.2, -0.15) is 0 Å². The molecule has 0 unspecified atom stereocenters. The number of methoxy groups -OCH3 is 1. The number of carbonyl (C=O) groups excluding carboxylic acids is 2. The van der Waals surface area contributed by atoms with Crippen molar-refractivity contribution in [3.05, 3.63) is 59.7 Å². The zero-order valence-electron chi connectivity index (χ0n) is 15.6. The van der Waals surface area contributed by atoms with E-state index in [9.17, 15) is 9.59 Å². The summed E-state index contributed by atoms with van der Waals surface area (Å²) in [5.41, 5.74) is 0.820. The molecule has 0 radical (unpaired) electrons. The van der Waals surface area contributed by atoms with Gasteiger partial charge in [-0.15, -0.1) is 0 Å². The third-order valence-electron chi connectivity index (χ3n) is 3.68. The molecule has 0 N–H and O–H groups in total. The van der Waals surface area contributed by atoms with Crippen LogP contribution in [0.25, 0.3) is 0 Å². The molecular formula is C21H24O6. The first kappa shape index (κ1) is 20.5. The summed E-state index contributed by atoms with van der Waals surface area (Å²) in [6.45, 7) is 3.36. The fraction of sp³-hybridized carbons (Fsp3) is 0.333. The second kappa shape index (κ2) is 11.0. The number of hydrogen-bond donors (Lipinski definition) is 0. The molecule has 0 fully saturated rings. The van der Waals surface area contributed by atoms with Crippen LogP contribution in [0.5, 0.6) is 11.5 Å². The van der Waals surface area contributed by atoms with Crippen LogP contribution in [0.4, 0.5) is 0 Å². The van der Waals surface area contributed by atoms with E-state index >= 15 is 0 Å². The first-order valence-corrected chi connectivity index (χ1v) is 8.85. The highest BCUT2D eigenvalue weighted by Crippen LogP contribution is 2.17. The fourth-order valence-electron chi connectivity index (χ4n) is 2.15. The Morgan fingerprint density at radius 3 is 1.96 bits per heavy atom. The van der Waals surface area contributed by atoms with Gasteiger partial charge >= 0.3 is 11.9 Å². The van der Waals surface area contributed by atoms with Gasteiger partial charge in [-0.1, -0.05) is 13.3 Å². The predicted octanol–water partition coefficient (Wildman–Crippen LogP) is 3.89. The van der Waals surface area contributed by atoms with Gasteiger partial charge in [0.1, 0.15) is 18.1 Å². The van der Waals surface area contributed by atoms with Crippen LogP contribution >= 0.6 is 0 Å². The van der Waals surface area contributed by atoms with Crippen LogP contribution in [-0.2, 0) is 9.47 Å². The molecule has 0 atom stereocenters. The SMILES string of the molecule is CCCCOC(=O)c1ccc(OC(=O)c2ccc(OCCOC)cc2)cc1. The smallest absolute Gasteiger partial charge is 0.343 e. The molecule has 0 saturated heterocycles. The molecule has 6 nitrogen and oxygen atoms in total. The lowest BCUT2D eigenvalue weighted by Crippen LogP contribution is -2.10. The average Bonchev–Trinajstić information content (AvgIpc) is 2.69. The van der Waals surface area contributed by atoms with Gasteiger partial charge in [-0.3, -0.25) is 0 Å². The first-order valence-electron chi connectivity index (χ1n) is 8.85. The standard InChI is InChI=1S/C21H24O6/c1-3-4-13-26-20(22)16-7-11-19(12-8-16)27-21(23)17-5-9-18(10-6-17)25-15-14-24-2/h5-12H,3-4,13-15H2,1-2H3.